The van der Waals surface area contributed by atoms with Gasteiger partial charge in [0.15, 0.2) is 23.2 Å². The maximum absolute atomic E-state index is 13.5. The fourth-order valence-electron chi connectivity index (χ4n) is 10.2. The van der Waals surface area contributed by atoms with E-state index in [9.17, 15) is 10.2 Å². The van der Waals surface area contributed by atoms with Gasteiger partial charge in [-0.25, -0.2) is 15.0 Å². The lowest BCUT2D eigenvalue weighted by Gasteiger charge is -2.45. The van der Waals surface area contributed by atoms with Crippen LogP contribution in [0.4, 0.5) is 5.82 Å². The molecule has 0 aliphatic carbocycles. The van der Waals surface area contributed by atoms with Gasteiger partial charge in [0.1, 0.15) is 35.6 Å². The van der Waals surface area contributed by atoms with Crippen molar-refractivity contribution in [2.75, 3.05) is 45.8 Å². The Hall–Kier alpha value is -6.93. The number of nitrogens with zero attached hydrogens (tertiary/aromatic N) is 5. The summed E-state index contributed by atoms with van der Waals surface area (Å²) in [5, 5.41) is 30.2. The van der Waals surface area contributed by atoms with Crippen molar-refractivity contribution in [3.05, 3.63) is 216 Å². The van der Waals surface area contributed by atoms with E-state index in [4.69, 9.17) is 33.9 Å². The predicted molar refractivity (Wildman–Crippen MR) is 253 cm³/mol. The highest BCUT2D eigenvalue weighted by atomic mass is 16.5. The van der Waals surface area contributed by atoms with Crippen LogP contribution >= 0.6 is 0 Å². The fourth-order valence-corrected chi connectivity index (χ4v) is 10.2. The van der Waals surface area contributed by atoms with E-state index < -0.39 is 41.5 Å². The minimum Gasteiger partial charge on any atom is -0.497 e. The number of morpholine rings is 1. The Bertz CT molecular complexity index is 2750. The van der Waals surface area contributed by atoms with E-state index in [1.807, 2.05) is 133 Å². The van der Waals surface area contributed by atoms with Crippen LogP contribution in [0.5, 0.6) is 11.5 Å². The van der Waals surface area contributed by atoms with E-state index in [0.29, 0.717) is 49.0 Å². The van der Waals surface area contributed by atoms with Gasteiger partial charge in [0.2, 0.25) is 0 Å². The Balaban J connectivity index is 1.11. The number of aliphatic hydroxyl groups excluding tert-OH is 2. The van der Waals surface area contributed by atoms with Crippen molar-refractivity contribution in [3.63, 3.8) is 0 Å². The zero-order chi connectivity index (χ0) is 45.1. The topological polar surface area (TPSA) is 136 Å². The van der Waals surface area contributed by atoms with Crippen molar-refractivity contribution in [3.8, 4) is 11.5 Å². The van der Waals surface area contributed by atoms with Gasteiger partial charge in [0, 0.05) is 13.1 Å². The average Bonchev–Trinajstić information content (AvgIpc) is 3.98. The summed E-state index contributed by atoms with van der Waals surface area (Å²) in [6.45, 7) is 2.04. The highest BCUT2D eigenvalue weighted by molar-refractivity contribution is 5.84. The van der Waals surface area contributed by atoms with Crippen LogP contribution in [0.15, 0.2) is 183 Å². The summed E-state index contributed by atoms with van der Waals surface area (Å²) in [6.07, 6.45) is -1.13. The smallest absolute Gasteiger partial charge is 0.167 e. The Morgan fingerprint density at radius 1 is 0.621 bits per heavy atom. The molecule has 2 aromatic heterocycles. The summed E-state index contributed by atoms with van der Waals surface area (Å²) < 4.78 is 25.9. The van der Waals surface area contributed by atoms with Gasteiger partial charge in [-0.2, -0.15) is 0 Å². The zero-order valence-electron chi connectivity index (χ0n) is 36.8. The molecule has 3 N–H and O–H groups in total. The number of anilines is 1. The van der Waals surface area contributed by atoms with E-state index in [0.717, 1.165) is 39.1 Å². The van der Waals surface area contributed by atoms with E-state index in [1.54, 1.807) is 25.1 Å². The molecule has 2 saturated heterocycles. The van der Waals surface area contributed by atoms with Gasteiger partial charge in [-0.15, -0.1) is 0 Å². The van der Waals surface area contributed by atoms with E-state index in [-0.39, 0.29) is 0 Å². The lowest BCUT2D eigenvalue weighted by molar-refractivity contribution is -0.0968. The molecule has 10 rings (SSSR count). The number of benzene rings is 6. The van der Waals surface area contributed by atoms with E-state index in [2.05, 4.69) is 46.6 Å². The first-order valence-corrected chi connectivity index (χ1v) is 22.3. The van der Waals surface area contributed by atoms with Gasteiger partial charge < -0.3 is 34.5 Å². The average molecular weight is 881 g/mol. The molecule has 1 unspecified atom stereocenters. The monoisotopic (exact) mass is 880 g/mol. The summed E-state index contributed by atoms with van der Waals surface area (Å²) >= 11 is 0. The summed E-state index contributed by atoms with van der Waals surface area (Å²) in [7, 11) is 3.30. The third kappa shape index (κ3) is 7.46. The first kappa shape index (κ1) is 43.0. The van der Waals surface area contributed by atoms with Crippen LogP contribution in [-0.4, -0.2) is 99.5 Å². The molecule has 6 aromatic carbocycles. The van der Waals surface area contributed by atoms with Crippen molar-refractivity contribution < 1.29 is 29.2 Å². The van der Waals surface area contributed by atoms with Gasteiger partial charge in [-0.1, -0.05) is 146 Å². The number of rotatable bonds is 14. The molecule has 0 bridgehead atoms. The van der Waals surface area contributed by atoms with Crippen molar-refractivity contribution in [1.82, 2.24) is 24.4 Å². The molecule has 2 fully saturated rings. The number of ether oxygens (including phenoxy) is 4. The minimum atomic E-state index is -1.23. The third-order valence-electron chi connectivity index (χ3n) is 13.4. The molecular formula is C54H52N6O6. The van der Waals surface area contributed by atoms with Crippen LogP contribution < -0.4 is 14.8 Å². The van der Waals surface area contributed by atoms with Gasteiger partial charge in [0.25, 0.3) is 0 Å². The summed E-state index contributed by atoms with van der Waals surface area (Å²) in [5.74, 6) is 1.90. The molecule has 66 heavy (non-hydrogen) atoms. The molecule has 0 radical (unpaired) electrons. The molecule has 5 atom stereocenters. The highest BCUT2D eigenvalue weighted by Crippen LogP contribution is 2.49. The number of aliphatic hydroxyl groups is 2. The molecule has 2 aliphatic heterocycles. The van der Waals surface area contributed by atoms with Crippen molar-refractivity contribution in [2.45, 2.75) is 41.5 Å². The van der Waals surface area contributed by atoms with Gasteiger partial charge in [-0.05, 0) is 57.6 Å². The number of aromatic nitrogens is 4. The van der Waals surface area contributed by atoms with Crippen molar-refractivity contribution in [2.24, 2.45) is 0 Å². The molecule has 4 heterocycles. The molecular weight excluding hydrogens is 829 g/mol. The SMILES string of the molecule is COc1ccc(C(Nc2ncnc3c2ncn3[C@@H]2O[C@H](C(O)C(c3ccccc3)(c3ccccc3)c3ccc(OC)cc3)[C@@H](N3CCOCC3)[C@H]2O)(c2ccccc2)c2ccccc2)cc1. The Kier molecular flexibility index (Phi) is 12.1. The van der Waals surface area contributed by atoms with Crippen molar-refractivity contribution >= 4 is 17.0 Å². The minimum absolute atomic E-state index is 0.449. The summed E-state index contributed by atoms with van der Waals surface area (Å²) in [4.78, 5) is 16.8. The Morgan fingerprint density at radius 2 is 1.09 bits per heavy atom. The second kappa shape index (κ2) is 18.5. The largest absolute Gasteiger partial charge is 0.497 e. The lowest BCUT2D eigenvalue weighted by Crippen LogP contribution is -2.59. The maximum Gasteiger partial charge on any atom is 0.167 e. The van der Waals surface area contributed by atoms with Gasteiger partial charge in [0.05, 0.1) is 51.3 Å². The molecule has 0 amide bonds. The van der Waals surface area contributed by atoms with Crippen LogP contribution in [0.3, 0.4) is 0 Å². The third-order valence-corrected chi connectivity index (χ3v) is 13.4. The number of methoxy groups -OCH3 is 2. The fraction of sp³-hybridized carbons (Fsp3) is 0.241. The molecule has 8 aromatic rings. The Labute approximate surface area is 384 Å². The number of nitrogens with one attached hydrogen (secondary N) is 1. The van der Waals surface area contributed by atoms with Gasteiger partial charge in [-0.3, -0.25) is 9.47 Å². The van der Waals surface area contributed by atoms with Crippen LogP contribution in [0.25, 0.3) is 11.2 Å². The van der Waals surface area contributed by atoms with Crippen LogP contribution in [0.2, 0.25) is 0 Å². The maximum atomic E-state index is 13.5. The van der Waals surface area contributed by atoms with Crippen LogP contribution in [0.1, 0.15) is 39.6 Å². The van der Waals surface area contributed by atoms with Gasteiger partial charge >= 0.3 is 0 Å². The summed E-state index contributed by atoms with van der Waals surface area (Å²) in [6, 6.07) is 55.7. The van der Waals surface area contributed by atoms with Crippen LogP contribution in [-0.2, 0) is 20.4 Å². The first-order valence-electron chi connectivity index (χ1n) is 22.3. The second-order valence-corrected chi connectivity index (χ2v) is 16.7. The number of fused-ring (bicyclic) bond motifs is 1. The molecule has 12 nitrogen and oxygen atoms in total. The molecule has 2 aliphatic rings. The Morgan fingerprint density at radius 3 is 1.61 bits per heavy atom. The number of hydrogen-bond donors (Lipinski definition) is 3. The molecule has 0 spiro atoms. The van der Waals surface area contributed by atoms with Crippen molar-refractivity contribution in [1.29, 1.82) is 0 Å². The molecule has 0 saturated carbocycles. The molecule has 12 heteroatoms. The highest BCUT2D eigenvalue weighted by Gasteiger charge is 2.57. The van der Waals surface area contributed by atoms with E-state index in [1.165, 1.54) is 6.33 Å². The lowest BCUT2D eigenvalue weighted by atomic mass is 9.63. The van der Waals surface area contributed by atoms with E-state index >= 15 is 0 Å². The summed E-state index contributed by atoms with van der Waals surface area (Å²) in [5.41, 5.74) is 4.29. The normalized spacial score (nSPS) is 19.6. The second-order valence-electron chi connectivity index (χ2n) is 16.7. The first-order chi connectivity index (χ1) is 32.5. The quantitative estimate of drug-likeness (QED) is 0.0933. The zero-order valence-corrected chi connectivity index (χ0v) is 36.8. The standard InChI is InChI=1S/C54H52N6O6/c1-63-43-27-23-39(24-28-43)53(37-15-7-3-8-16-37,38-17-9-4-10-18-38)49(62)48-46(59-31-33-65-34-32-59)47(61)52(66-48)60-36-57-45-50(55-35-56-51(45)60)58-54(40-19-11-5-12-20-40,41-21-13-6-14-22-41)42-25-29-44(64-2)30-26-42/h3-30,35-36,46-49,52,61-62H,31-34H2,1-2H3,(H,55,56,58)/t46-,47+,48-,49?,52+/m0/s1. The number of imidazole rings is 1. The predicted octanol–water partition coefficient (Wildman–Crippen LogP) is 7.60. The molecule has 334 valence electrons. The van der Waals surface area contributed by atoms with Crippen LogP contribution in [0, 0.1) is 0 Å². The number of hydrogen-bond acceptors (Lipinski definition) is 11.